The average Bonchev–Trinajstić information content (AvgIpc) is 2.47. The van der Waals surface area contributed by atoms with Gasteiger partial charge in [-0.2, -0.15) is 0 Å². The third kappa shape index (κ3) is 4.58. The number of carbonyl (C=O) groups is 2. The standard InChI is InChI=1S/C18H26N2O2/c1-13(2)15-6-8-16(9-7-15)19-17(21)11-18(22)20-10-4-5-14(3)12-20/h6-9,13-14H,4-5,10-12H2,1-3H3,(H,19,21). The van der Waals surface area contributed by atoms with Crippen molar-refractivity contribution >= 4 is 17.5 Å². The number of piperidine rings is 1. The molecule has 4 nitrogen and oxygen atoms in total. The van der Waals surface area contributed by atoms with E-state index in [0.717, 1.165) is 31.6 Å². The van der Waals surface area contributed by atoms with Crippen LogP contribution in [0.25, 0.3) is 0 Å². The predicted molar refractivity (Wildman–Crippen MR) is 88.8 cm³/mol. The van der Waals surface area contributed by atoms with Gasteiger partial charge in [-0.05, 0) is 42.4 Å². The lowest BCUT2D eigenvalue weighted by Gasteiger charge is -2.30. The van der Waals surface area contributed by atoms with Crippen molar-refractivity contribution < 1.29 is 9.59 Å². The van der Waals surface area contributed by atoms with Gasteiger partial charge in [0.05, 0.1) is 0 Å². The zero-order valence-corrected chi connectivity index (χ0v) is 13.8. The molecule has 0 aliphatic carbocycles. The molecule has 2 rings (SSSR count). The summed E-state index contributed by atoms with van der Waals surface area (Å²) < 4.78 is 0. The zero-order chi connectivity index (χ0) is 16.1. The van der Waals surface area contributed by atoms with Crippen molar-refractivity contribution in [2.75, 3.05) is 18.4 Å². The van der Waals surface area contributed by atoms with Gasteiger partial charge in [-0.25, -0.2) is 0 Å². The van der Waals surface area contributed by atoms with Crippen molar-refractivity contribution in [1.29, 1.82) is 0 Å². The number of hydrogen-bond acceptors (Lipinski definition) is 2. The van der Waals surface area contributed by atoms with Crippen molar-refractivity contribution in [3.8, 4) is 0 Å². The number of carbonyl (C=O) groups excluding carboxylic acids is 2. The average molecular weight is 302 g/mol. The van der Waals surface area contributed by atoms with Crippen LogP contribution in [0.1, 0.15) is 51.5 Å². The molecule has 4 heteroatoms. The monoisotopic (exact) mass is 302 g/mol. The van der Waals surface area contributed by atoms with Gasteiger partial charge < -0.3 is 10.2 Å². The highest BCUT2D eigenvalue weighted by atomic mass is 16.2. The Labute approximate surface area is 132 Å². The molecule has 22 heavy (non-hydrogen) atoms. The van der Waals surface area contributed by atoms with Crippen LogP contribution < -0.4 is 5.32 Å². The Kier molecular flexibility index (Phi) is 5.58. The van der Waals surface area contributed by atoms with E-state index < -0.39 is 0 Å². The Morgan fingerprint density at radius 2 is 1.95 bits per heavy atom. The fourth-order valence-corrected chi connectivity index (χ4v) is 2.82. The Hall–Kier alpha value is -1.84. The van der Waals surface area contributed by atoms with Crippen molar-refractivity contribution in [3.05, 3.63) is 29.8 Å². The van der Waals surface area contributed by atoms with Gasteiger partial charge in [0.2, 0.25) is 11.8 Å². The minimum Gasteiger partial charge on any atom is -0.342 e. The van der Waals surface area contributed by atoms with Crippen LogP contribution in [0, 0.1) is 5.92 Å². The Balaban J connectivity index is 1.85. The fourth-order valence-electron chi connectivity index (χ4n) is 2.82. The molecule has 120 valence electrons. The third-order valence-electron chi connectivity index (χ3n) is 4.18. The van der Waals surface area contributed by atoms with Gasteiger partial charge >= 0.3 is 0 Å². The third-order valence-corrected chi connectivity index (χ3v) is 4.18. The molecule has 0 aromatic heterocycles. The number of anilines is 1. The number of nitrogens with one attached hydrogen (secondary N) is 1. The van der Waals surface area contributed by atoms with Gasteiger partial charge in [0.25, 0.3) is 0 Å². The first-order chi connectivity index (χ1) is 10.5. The van der Waals surface area contributed by atoms with E-state index >= 15 is 0 Å². The van der Waals surface area contributed by atoms with Crippen LogP contribution >= 0.6 is 0 Å². The molecule has 0 radical (unpaired) electrons. The fraction of sp³-hybridized carbons (Fsp3) is 0.556. The molecule has 1 atom stereocenters. The molecule has 0 bridgehead atoms. The van der Waals surface area contributed by atoms with Crippen LogP contribution in [0.3, 0.4) is 0 Å². The number of amides is 2. The predicted octanol–water partition coefficient (Wildman–Crippen LogP) is 3.40. The van der Waals surface area contributed by atoms with Gasteiger partial charge in [-0.15, -0.1) is 0 Å². The summed E-state index contributed by atoms with van der Waals surface area (Å²) in [4.78, 5) is 26.0. The lowest BCUT2D eigenvalue weighted by Crippen LogP contribution is -2.40. The minimum atomic E-state index is -0.236. The minimum absolute atomic E-state index is 0.0668. The lowest BCUT2D eigenvalue weighted by atomic mass is 10.00. The summed E-state index contributed by atoms with van der Waals surface area (Å²) in [6.07, 6.45) is 2.13. The summed E-state index contributed by atoms with van der Waals surface area (Å²) in [6.45, 7) is 7.96. The quantitative estimate of drug-likeness (QED) is 0.867. The van der Waals surface area contributed by atoms with Crippen LogP contribution in [-0.4, -0.2) is 29.8 Å². The second-order valence-corrected chi connectivity index (χ2v) is 6.59. The van der Waals surface area contributed by atoms with Crippen LogP contribution in [0.2, 0.25) is 0 Å². The molecule has 1 aromatic rings. The molecule has 0 saturated carbocycles. The second-order valence-electron chi connectivity index (χ2n) is 6.59. The van der Waals surface area contributed by atoms with E-state index in [0.29, 0.717) is 11.8 Å². The normalized spacial score (nSPS) is 18.4. The van der Waals surface area contributed by atoms with Gasteiger partial charge in [-0.3, -0.25) is 9.59 Å². The highest BCUT2D eigenvalue weighted by Crippen LogP contribution is 2.18. The van der Waals surface area contributed by atoms with Crippen molar-refractivity contribution in [2.45, 2.75) is 46.0 Å². The van der Waals surface area contributed by atoms with Crippen LogP contribution in [-0.2, 0) is 9.59 Å². The molecule has 2 amide bonds. The SMILES string of the molecule is CC1CCCN(C(=O)CC(=O)Nc2ccc(C(C)C)cc2)C1. The zero-order valence-electron chi connectivity index (χ0n) is 13.8. The summed E-state index contributed by atoms with van der Waals surface area (Å²) in [5.41, 5.74) is 1.98. The maximum atomic E-state index is 12.2. The lowest BCUT2D eigenvalue weighted by molar-refractivity contribution is -0.136. The van der Waals surface area contributed by atoms with Gasteiger partial charge in [0.1, 0.15) is 6.42 Å². The van der Waals surface area contributed by atoms with E-state index in [2.05, 4.69) is 26.1 Å². The van der Waals surface area contributed by atoms with Crippen LogP contribution in [0.4, 0.5) is 5.69 Å². The highest BCUT2D eigenvalue weighted by molar-refractivity contribution is 6.03. The summed E-state index contributed by atoms with van der Waals surface area (Å²) in [5, 5.41) is 2.80. The Morgan fingerprint density at radius 3 is 2.55 bits per heavy atom. The molecule has 1 fully saturated rings. The van der Waals surface area contributed by atoms with E-state index in [-0.39, 0.29) is 18.2 Å². The first kappa shape index (κ1) is 16.5. The van der Waals surface area contributed by atoms with E-state index in [1.165, 1.54) is 5.56 Å². The number of hydrogen-bond donors (Lipinski definition) is 1. The van der Waals surface area contributed by atoms with Gasteiger partial charge in [0.15, 0.2) is 0 Å². The summed E-state index contributed by atoms with van der Waals surface area (Å²) in [7, 11) is 0. The number of likely N-dealkylation sites (tertiary alicyclic amines) is 1. The first-order valence-corrected chi connectivity index (χ1v) is 8.13. The van der Waals surface area contributed by atoms with Crippen LogP contribution in [0.15, 0.2) is 24.3 Å². The molecule has 1 aromatic carbocycles. The Bertz CT molecular complexity index is 522. The van der Waals surface area contributed by atoms with Crippen molar-refractivity contribution in [3.63, 3.8) is 0 Å². The smallest absolute Gasteiger partial charge is 0.233 e. The number of rotatable bonds is 4. The first-order valence-electron chi connectivity index (χ1n) is 8.13. The van der Waals surface area contributed by atoms with E-state index in [9.17, 15) is 9.59 Å². The van der Waals surface area contributed by atoms with Crippen molar-refractivity contribution in [1.82, 2.24) is 4.90 Å². The number of benzene rings is 1. The Morgan fingerprint density at radius 1 is 1.27 bits per heavy atom. The molecule has 1 unspecified atom stereocenters. The molecule has 1 heterocycles. The molecular weight excluding hydrogens is 276 g/mol. The van der Waals surface area contributed by atoms with Crippen LogP contribution in [0.5, 0.6) is 0 Å². The van der Waals surface area contributed by atoms with E-state index in [1.807, 2.05) is 29.2 Å². The van der Waals surface area contributed by atoms with Gasteiger partial charge in [0, 0.05) is 18.8 Å². The molecule has 1 aliphatic rings. The summed E-state index contributed by atoms with van der Waals surface area (Å²) in [6, 6.07) is 7.80. The topological polar surface area (TPSA) is 49.4 Å². The molecular formula is C18H26N2O2. The second kappa shape index (κ2) is 7.43. The van der Waals surface area contributed by atoms with Crippen molar-refractivity contribution in [2.24, 2.45) is 5.92 Å². The van der Waals surface area contributed by atoms with E-state index in [4.69, 9.17) is 0 Å². The largest absolute Gasteiger partial charge is 0.342 e. The van der Waals surface area contributed by atoms with Gasteiger partial charge in [-0.1, -0.05) is 32.9 Å². The number of nitrogens with zero attached hydrogens (tertiary/aromatic N) is 1. The molecule has 0 spiro atoms. The summed E-state index contributed by atoms with van der Waals surface area (Å²) in [5.74, 6) is 0.695. The molecule has 1 N–H and O–H groups in total. The maximum absolute atomic E-state index is 12.2. The molecule has 1 aliphatic heterocycles. The maximum Gasteiger partial charge on any atom is 0.233 e. The molecule has 1 saturated heterocycles. The van der Waals surface area contributed by atoms with E-state index in [1.54, 1.807) is 0 Å². The summed E-state index contributed by atoms with van der Waals surface area (Å²) >= 11 is 0. The highest BCUT2D eigenvalue weighted by Gasteiger charge is 2.22.